The fraction of sp³-hybridized carbons (Fsp3) is 0.462. The smallest absolute Gasteiger partial charge is 0.220 e. The molecule has 0 saturated carbocycles. The van der Waals surface area contributed by atoms with E-state index in [2.05, 4.69) is 5.32 Å². The van der Waals surface area contributed by atoms with Crippen LogP contribution in [0.1, 0.15) is 19.8 Å². The van der Waals surface area contributed by atoms with Crippen LogP contribution in [0, 0.1) is 0 Å². The lowest BCUT2D eigenvalue weighted by Crippen LogP contribution is -2.26. The number of thioether (sulfide) groups is 1. The number of hydrogen-bond donors (Lipinski definition) is 2. The van der Waals surface area contributed by atoms with Crippen LogP contribution in [0.2, 0.25) is 0 Å². The van der Waals surface area contributed by atoms with E-state index in [4.69, 9.17) is 5.11 Å². The Morgan fingerprint density at radius 3 is 2.76 bits per heavy atom. The predicted octanol–water partition coefficient (Wildman–Crippen LogP) is 2.06. The van der Waals surface area contributed by atoms with E-state index in [1.807, 2.05) is 30.3 Å². The lowest BCUT2D eigenvalue weighted by atomic mass is 10.3. The molecule has 3 nitrogen and oxygen atoms in total. The highest BCUT2D eigenvalue weighted by atomic mass is 32.2. The van der Waals surface area contributed by atoms with Crippen molar-refractivity contribution < 1.29 is 9.90 Å². The van der Waals surface area contributed by atoms with Crippen LogP contribution in [0.15, 0.2) is 35.2 Å². The second-order valence-electron chi connectivity index (χ2n) is 3.90. The van der Waals surface area contributed by atoms with Gasteiger partial charge in [-0.1, -0.05) is 18.2 Å². The fourth-order valence-corrected chi connectivity index (χ4v) is 2.16. The molecule has 1 atom stereocenters. The van der Waals surface area contributed by atoms with Crippen LogP contribution in [-0.2, 0) is 4.79 Å². The molecule has 0 fully saturated rings. The topological polar surface area (TPSA) is 49.3 Å². The van der Waals surface area contributed by atoms with Crippen molar-refractivity contribution in [3.63, 3.8) is 0 Å². The summed E-state index contributed by atoms with van der Waals surface area (Å²) in [7, 11) is 0. The number of amides is 1. The standard InChI is InChI=1S/C13H19NO2S/c1-11(15)7-9-14-13(16)8-10-17-12-5-3-2-4-6-12/h2-6,11,15H,7-10H2,1H3,(H,14,16). The van der Waals surface area contributed by atoms with Gasteiger partial charge in [0.15, 0.2) is 0 Å². The van der Waals surface area contributed by atoms with Gasteiger partial charge in [-0.3, -0.25) is 4.79 Å². The highest BCUT2D eigenvalue weighted by molar-refractivity contribution is 7.99. The molecule has 1 amide bonds. The highest BCUT2D eigenvalue weighted by Gasteiger charge is 2.02. The largest absolute Gasteiger partial charge is 0.393 e. The molecule has 0 bridgehead atoms. The summed E-state index contributed by atoms with van der Waals surface area (Å²) in [5.41, 5.74) is 0. The summed E-state index contributed by atoms with van der Waals surface area (Å²) in [5, 5.41) is 11.8. The van der Waals surface area contributed by atoms with Gasteiger partial charge in [0.25, 0.3) is 0 Å². The predicted molar refractivity (Wildman–Crippen MR) is 71.1 cm³/mol. The van der Waals surface area contributed by atoms with Crippen LogP contribution in [0.4, 0.5) is 0 Å². The van der Waals surface area contributed by atoms with Gasteiger partial charge in [-0.2, -0.15) is 0 Å². The maximum Gasteiger partial charge on any atom is 0.220 e. The minimum Gasteiger partial charge on any atom is -0.393 e. The van der Waals surface area contributed by atoms with E-state index in [0.29, 0.717) is 19.4 Å². The molecule has 94 valence electrons. The summed E-state index contributed by atoms with van der Waals surface area (Å²) < 4.78 is 0. The van der Waals surface area contributed by atoms with E-state index in [-0.39, 0.29) is 12.0 Å². The lowest BCUT2D eigenvalue weighted by molar-refractivity contribution is -0.120. The molecule has 0 aliphatic rings. The number of aliphatic hydroxyl groups is 1. The molecule has 0 radical (unpaired) electrons. The van der Waals surface area contributed by atoms with Crippen molar-refractivity contribution >= 4 is 17.7 Å². The van der Waals surface area contributed by atoms with Crippen molar-refractivity contribution in [3.8, 4) is 0 Å². The molecule has 0 aliphatic heterocycles. The van der Waals surface area contributed by atoms with E-state index in [1.165, 1.54) is 4.90 Å². The summed E-state index contributed by atoms with van der Waals surface area (Å²) in [6.07, 6.45) is 0.769. The van der Waals surface area contributed by atoms with Crippen LogP contribution in [0.3, 0.4) is 0 Å². The molecule has 0 heterocycles. The molecule has 1 unspecified atom stereocenters. The maximum absolute atomic E-state index is 11.4. The zero-order valence-electron chi connectivity index (χ0n) is 10.1. The first-order chi connectivity index (χ1) is 8.18. The molecule has 1 aromatic carbocycles. The normalized spacial score (nSPS) is 12.1. The molecule has 1 rings (SSSR count). The van der Waals surface area contributed by atoms with E-state index in [0.717, 1.165) is 5.75 Å². The summed E-state index contributed by atoms with van der Waals surface area (Å²) >= 11 is 1.68. The van der Waals surface area contributed by atoms with Gasteiger partial charge in [0.2, 0.25) is 5.91 Å². The fourth-order valence-electron chi connectivity index (χ4n) is 1.29. The summed E-state index contributed by atoms with van der Waals surface area (Å²) in [6.45, 7) is 2.27. The monoisotopic (exact) mass is 253 g/mol. The third-order valence-corrected chi connectivity index (χ3v) is 3.24. The Hall–Kier alpha value is -1.00. The van der Waals surface area contributed by atoms with Gasteiger partial charge >= 0.3 is 0 Å². The summed E-state index contributed by atoms with van der Waals surface area (Å²) in [4.78, 5) is 12.6. The van der Waals surface area contributed by atoms with Crippen molar-refractivity contribution in [2.45, 2.75) is 30.8 Å². The molecule has 4 heteroatoms. The molecule has 1 aromatic rings. The zero-order valence-corrected chi connectivity index (χ0v) is 10.9. The third kappa shape index (κ3) is 7.02. The van der Waals surface area contributed by atoms with Crippen molar-refractivity contribution in [2.75, 3.05) is 12.3 Å². The highest BCUT2D eigenvalue weighted by Crippen LogP contribution is 2.17. The molecule has 0 aliphatic carbocycles. The molecule has 0 saturated heterocycles. The summed E-state index contributed by atoms with van der Waals surface area (Å²) in [6, 6.07) is 10.0. The van der Waals surface area contributed by atoms with Crippen molar-refractivity contribution in [2.24, 2.45) is 0 Å². The Kier molecular flexibility index (Phi) is 6.74. The van der Waals surface area contributed by atoms with Gasteiger partial charge in [-0.25, -0.2) is 0 Å². The van der Waals surface area contributed by atoms with E-state index in [1.54, 1.807) is 18.7 Å². The molecule has 17 heavy (non-hydrogen) atoms. The van der Waals surface area contributed by atoms with Gasteiger partial charge < -0.3 is 10.4 Å². The molecule has 0 spiro atoms. The van der Waals surface area contributed by atoms with Crippen molar-refractivity contribution in [1.82, 2.24) is 5.32 Å². The number of rotatable bonds is 7. The van der Waals surface area contributed by atoms with E-state index < -0.39 is 0 Å². The lowest BCUT2D eigenvalue weighted by Gasteiger charge is -2.06. The van der Waals surface area contributed by atoms with Crippen LogP contribution in [-0.4, -0.2) is 29.4 Å². The quantitative estimate of drug-likeness (QED) is 0.731. The average molecular weight is 253 g/mol. The first kappa shape index (κ1) is 14.1. The first-order valence-electron chi connectivity index (χ1n) is 5.81. The van der Waals surface area contributed by atoms with Gasteiger partial charge in [-0.15, -0.1) is 11.8 Å². The number of aliphatic hydroxyl groups excluding tert-OH is 1. The molecular formula is C13H19NO2S. The van der Waals surface area contributed by atoms with Gasteiger partial charge in [0, 0.05) is 23.6 Å². The third-order valence-electron chi connectivity index (χ3n) is 2.23. The van der Waals surface area contributed by atoms with Crippen LogP contribution >= 0.6 is 11.8 Å². The number of nitrogens with one attached hydrogen (secondary N) is 1. The van der Waals surface area contributed by atoms with Gasteiger partial charge in [0.1, 0.15) is 0 Å². The summed E-state index contributed by atoms with van der Waals surface area (Å²) in [5.74, 6) is 0.832. The minimum absolute atomic E-state index is 0.0501. The van der Waals surface area contributed by atoms with Crippen LogP contribution in [0.5, 0.6) is 0 Å². The number of hydrogen-bond acceptors (Lipinski definition) is 3. The van der Waals surface area contributed by atoms with Gasteiger partial charge in [0.05, 0.1) is 6.10 Å². The SMILES string of the molecule is CC(O)CCNC(=O)CCSc1ccccc1. The second kappa shape index (κ2) is 8.14. The number of carbonyl (C=O) groups is 1. The number of carbonyl (C=O) groups excluding carboxylic acids is 1. The Bertz CT molecular complexity index is 327. The van der Waals surface area contributed by atoms with E-state index in [9.17, 15) is 4.79 Å². The average Bonchev–Trinajstić information content (AvgIpc) is 2.30. The van der Waals surface area contributed by atoms with Crippen LogP contribution < -0.4 is 5.32 Å². The maximum atomic E-state index is 11.4. The van der Waals surface area contributed by atoms with E-state index >= 15 is 0 Å². The van der Waals surface area contributed by atoms with Crippen molar-refractivity contribution in [1.29, 1.82) is 0 Å². The zero-order chi connectivity index (χ0) is 12.5. The molecule has 0 aromatic heterocycles. The Balaban J connectivity index is 2.08. The first-order valence-corrected chi connectivity index (χ1v) is 6.79. The minimum atomic E-state index is -0.353. The Morgan fingerprint density at radius 1 is 1.41 bits per heavy atom. The molecular weight excluding hydrogens is 234 g/mol. The van der Waals surface area contributed by atoms with Crippen LogP contribution in [0.25, 0.3) is 0 Å². The number of benzene rings is 1. The Morgan fingerprint density at radius 2 is 2.12 bits per heavy atom. The second-order valence-corrected chi connectivity index (χ2v) is 5.07. The Labute approximate surface area is 107 Å². The molecule has 2 N–H and O–H groups in total. The van der Waals surface area contributed by atoms with Crippen molar-refractivity contribution in [3.05, 3.63) is 30.3 Å². The van der Waals surface area contributed by atoms with Gasteiger partial charge in [-0.05, 0) is 25.5 Å².